The summed E-state index contributed by atoms with van der Waals surface area (Å²) in [6.07, 6.45) is 0. The van der Waals surface area contributed by atoms with Crippen molar-refractivity contribution in [2.24, 2.45) is 0 Å². The first kappa shape index (κ1) is 13.8. The third-order valence-electron chi connectivity index (χ3n) is 3.36. The van der Waals surface area contributed by atoms with Gasteiger partial charge in [-0.05, 0) is 49.2 Å². The zero-order chi connectivity index (χ0) is 15.1. The van der Waals surface area contributed by atoms with Gasteiger partial charge in [0, 0.05) is 4.47 Å². The fourth-order valence-electron chi connectivity index (χ4n) is 2.37. The molecule has 0 fully saturated rings. The minimum absolute atomic E-state index is 0.190. The lowest BCUT2D eigenvalue weighted by atomic mass is 10.1. The Morgan fingerprint density at radius 3 is 2.52 bits per heavy atom. The predicted molar refractivity (Wildman–Crippen MR) is 83.0 cm³/mol. The highest BCUT2D eigenvalue weighted by atomic mass is 79.9. The van der Waals surface area contributed by atoms with E-state index in [9.17, 15) is 9.90 Å². The number of carbonyl (C=O) groups is 1. The van der Waals surface area contributed by atoms with E-state index >= 15 is 0 Å². The molecule has 0 radical (unpaired) electrons. The molecule has 0 atom stereocenters. The summed E-state index contributed by atoms with van der Waals surface area (Å²) in [5, 5.41) is 17.5. The summed E-state index contributed by atoms with van der Waals surface area (Å²) in [7, 11) is 0. The molecular formula is C15H12BrN3O2. The number of halogens is 1. The summed E-state index contributed by atoms with van der Waals surface area (Å²) in [5.74, 6) is -0.991. The number of aromatic carboxylic acids is 1. The van der Waals surface area contributed by atoms with Gasteiger partial charge >= 0.3 is 5.97 Å². The number of fused-ring (bicyclic) bond motifs is 1. The van der Waals surface area contributed by atoms with Gasteiger partial charge in [0.15, 0.2) is 0 Å². The summed E-state index contributed by atoms with van der Waals surface area (Å²) in [5.41, 5.74) is 4.17. The Balaban J connectivity index is 2.33. The van der Waals surface area contributed by atoms with Crippen LogP contribution in [-0.2, 0) is 0 Å². The van der Waals surface area contributed by atoms with Gasteiger partial charge in [-0.25, -0.2) is 9.48 Å². The number of benzene rings is 2. The molecule has 0 saturated heterocycles. The van der Waals surface area contributed by atoms with Crippen molar-refractivity contribution in [1.82, 2.24) is 15.0 Å². The van der Waals surface area contributed by atoms with Gasteiger partial charge in [0.05, 0.1) is 11.3 Å². The molecule has 6 heteroatoms. The third-order valence-corrected chi connectivity index (χ3v) is 4.62. The average molecular weight is 346 g/mol. The molecule has 1 heterocycles. The van der Waals surface area contributed by atoms with Gasteiger partial charge in [-0.2, -0.15) is 0 Å². The molecule has 0 amide bonds. The summed E-state index contributed by atoms with van der Waals surface area (Å²) >= 11 is 3.52. The molecule has 5 nitrogen and oxygen atoms in total. The minimum atomic E-state index is -0.991. The molecule has 0 aliphatic rings. The standard InChI is InChI=1S/C15H12BrN3O2/c1-8-6-10(7-9(2)13(8)16)19-14-11(15(20)21)4-3-5-12(14)17-18-19/h3-7H,1-2H3,(H,20,21). The summed E-state index contributed by atoms with van der Waals surface area (Å²) in [6.45, 7) is 3.97. The number of aromatic nitrogens is 3. The minimum Gasteiger partial charge on any atom is -0.478 e. The molecule has 2 aromatic carbocycles. The van der Waals surface area contributed by atoms with E-state index in [1.54, 1.807) is 22.9 Å². The molecule has 0 aliphatic heterocycles. The van der Waals surface area contributed by atoms with Gasteiger partial charge in [-0.1, -0.05) is 27.2 Å². The maximum absolute atomic E-state index is 11.4. The van der Waals surface area contributed by atoms with Crippen molar-refractivity contribution in [1.29, 1.82) is 0 Å². The first-order valence-corrected chi connectivity index (χ1v) is 7.13. The quantitative estimate of drug-likeness (QED) is 0.771. The molecule has 0 saturated carbocycles. The topological polar surface area (TPSA) is 68.0 Å². The molecular weight excluding hydrogens is 334 g/mol. The van der Waals surface area contributed by atoms with Crippen LogP contribution in [0.2, 0.25) is 0 Å². The smallest absolute Gasteiger partial charge is 0.337 e. The zero-order valence-corrected chi connectivity index (χ0v) is 13.0. The Labute approximate surface area is 129 Å². The molecule has 0 unspecified atom stereocenters. The van der Waals surface area contributed by atoms with Crippen molar-refractivity contribution in [3.05, 3.63) is 51.5 Å². The zero-order valence-electron chi connectivity index (χ0n) is 11.5. The van der Waals surface area contributed by atoms with E-state index in [0.717, 1.165) is 21.3 Å². The van der Waals surface area contributed by atoms with Crippen LogP contribution in [0.25, 0.3) is 16.7 Å². The molecule has 1 N–H and O–H groups in total. The van der Waals surface area contributed by atoms with E-state index in [4.69, 9.17) is 0 Å². The Bertz CT molecular complexity index is 847. The monoisotopic (exact) mass is 345 g/mol. The maximum atomic E-state index is 11.4. The molecule has 21 heavy (non-hydrogen) atoms. The highest BCUT2D eigenvalue weighted by Crippen LogP contribution is 2.26. The third kappa shape index (κ3) is 2.21. The Morgan fingerprint density at radius 2 is 1.90 bits per heavy atom. The van der Waals surface area contributed by atoms with E-state index in [1.807, 2.05) is 26.0 Å². The number of aryl methyl sites for hydroxylation is 2. The fraction of sp³-hybridized carbons (Fsp3) is 0.133. The normalized spacial score (nSPS) is 11.0. The average Bonchev–Trinajstić information content (AvgIpc) is 2.87. The van der Waals surface area contributed by atoms with Crippen LogP contribution >= 0.6 is 15.9 Å². The number of nitrogens with zero attached hydrogens (tertiary/aromatic N) is 3. The van der Waals surface area contributed by atoms with Crippen molar-refractivity contribution in [3.63, 3.8) is 0 Å². The van der Waals surface area contributed by atoms with E-state index < -0.39 is 5.97 Å². The van der Waals surface area contributed by atoms with Gasteiger partial charge in [-0.15, -0.1) is 5.10 Å². The van der Waals surface area contributed by atoms with Gasteiger partial charge in [0.25, 0.3) is 0 Å². The first-order valence-electron chi connectivity index (χ1n) is 6.34. The van der Waals surface area contributed by atoms with Crippen LogP contribution in [0.4, 0.5) is 0 Å². The van der Waals surface area contributed by atoms with E-state index in [2.05, 4.69) is 26.2 Å². The molecule has 3 rings (SSSR count). The van der Waals surface area contributed by atoms with Crippen LogP contribution in [-0.4, -0.2) is 26.1 Å². The van der Waals surface area contributed by atoms with Crippen molar-refractivity contribution in [2.45, 2.75) is 13.8 Å². The highest BCUT2D eigenvalue weighted by Gasteiger charge is 2.16. The Morgan fingerprint density at radius 1 is 1.24 bits per heavy atom. The van der Waals surface area contributed by atoms with Crippen molar-refractivity contribution in [3.8, 4) is 5.69 Å². The molecule has 3 aromatic rings. The molecule has 106 valence electrons. The SMILES string of the molecule is Cc1cc(-n2nnc3cccc(C(=O)O)c32)cc(C)c1Br. The Kier molecular flexibility index (Phi) is 3.25. The predicted octanol–water partition coefficient (Wildman–Crippen LogP) is 3.50. The van der Waals surface area contributed by atoms with Crippen LogP contribution in [0.1, 0.15) is 21.5 Å². The van der Waals surface area contributed by atoms with Crippen molar-refractivity contribution >= 4 is 32.9 Å². The second-order valence-corrected chi connectivity index (χ2v) is 5.67. The lowest BCUT2D eigenvalue weighted by molar-refractivity contribution is 0.0698. The molecule has 0 bridgehead atoms. The summed E-state index contributed by atoms with van der Waals surface area (Å²) in [6, 6.07) is 8.88. The number of rotatable bonds is 2. The van der Waals surface area contributed by atoms with Crippen LogP contribution < -0.4 is 0 Å². The lowest BCUT2D eigenvalue weighted by Gasteiger charge is -2.09. The highest BCUT2D eigenvalue weighted by molar-refractivity contribution is 9.10. The molecule has 0 aliphatic carbocycles. The van der Waals surface area contributed by atoms with Crippen LogP contribution in [0, 0.1) is 13.8 Å². The lowest BCUT2D eigenvalue weighted by Crippen LogP contribution is -2.04. The van der Waals surface area contributed by atoms with Crippen molar-refractivity contribution in [2.75, 3.05) is 0 Å². The van der Waals surface area contributed by atoms with Gasteiger partial charge in [-0.3, -0.25) is 0 Å². The van der Waals surface area contributed by atoms with Crippen molar-refractivity contribution < 1.29 is 9.90 Å². The first-order chi connectivity index (χ1) is 9.99. The fourth-order valence-corrected chi connectivity index (χ4v) is 2.60. The van der Waals surface area contributed by atoms with E-state index in [-0.39, 0.29) is 5.56 Å². The van der Waals surface area contributed by atoms with Gasteiger partial charge in [0.1, 0.15) is 11.0 Å². The van der Waals surface area contributed by atoms with Gasteiger partial charge < -0.3 is 5.11 Å². The van der Waals surface area contributed by atoms with Crippen LogP contribution in [0.5, 0.6) is 0 Å². The number of carboxylic acids is 1. The second kappa shape index (κ2) is 4.96. The summed E-state index contributed by atoms with van der Waals surface area (Å²) < 4.78 is 2.61. The number of hydrogen-bond acceptors (Lipinski definition) is 3. The largest absolute Gasteiger partial charge is 0.478 e. The molecule has 1 aromatic heterocycles. The number of para-hydroxylation sites is 1. The van der Waals surface area contributed by atoms with E-state index in [0.29, 0.717) is 11.0 Å². The van der Waals surface area contributed by atoms with Gasteiger partial charge in [0.2, 0.25) is 0 Å². The number of hydrogen-bond donors (Lipinski definition) is 1. The Hall–Kier alpha value is -2.21. The van der Waals surface area contributed by atoms with Crippen LogP contribution in [0.15, 0.2) is 34.8 Å². The number of carboxylic acid groups (broad SMARTS) is 1. The summed E-state index contributed by atoms with van der Waals surface area (Å²) in [4.78, 5) is 11.4. The second-order valence-electron chi connectivity index (χ2n) is 4.87. The molecule has 0 spiro atoms. The maximum Gasteiger partial charge on any atom is 0.337 e. The van der Waals surface area contributed by atoms with Crippen LogP contribution in [0.3, 0.4) is 0 Å². The van der Waals surface area contributed by atoms with E-state index in [1.165, 1.54) is 0 Å².